The van der Waals surface area contributed by atoms with Gasteiger partial charge in [-0.1, -0.05) is 26.0 Å². The molecule has 0 aromatic heterocycles. The summed E-state index contributed by atoms with van der Waals surface area (Å²) in [4.78, 5) is 0. The summed E-state index contributed by atoms with van der Waals surface area (Å²) in [5.41, 5.74) is 1.75. The lowest BCUT2D eigenvalue weighted by atomic mass is 10.0. The maximum Gasteiger partial charge on any atom is 0.128 e. The van der Waals surface area contributed by atoms with Gasteiger partial charge in [-0.05, 0) is 31.5 Å². The highest BCUT2D eigenvalue weighted by Gasteiger charge is 2.12. The molecule has 0 radical (unpaired) electrons. The zero-order valence-electron chi connectivity index (χ0n) is 9.10. The van der Waals surface area contributed by atoms with Gasteiger partial charge in [0, 0.05) is 11.6 Å². The van der Waals surface area contributed by atoms with Crippen molar-refractivity contribution in [3.8, 4) is 0 Å². The first-order chi connectivity index (χ1) is 6.69. The second-order valence-electron chi connectivity index (χ2n) is 3.54. The van der Waals surface area contributed by atoms with Gasteiger partial charge in [0.1, 0.15) is 5.82 Å². The minimum Gasteiger partial charge on any atom is -0.310 e. The van der Waals surface area contributed by atoms with Crippen molar-refractivity contribution in [3.63, 3.8) is 0 Å². The molecule has 1 atom stereocenters. The van der Waals surface area contributed by atoms with Gasteiger partial charge in [-0.3, -0.25) is 0 Å². The third kappa shape index (κ3) is 2.55. The smallest absolute Gasteiger partial charge is 0.128 e. The molecule has 0 saturated carbocycles. The fraction of sp³-hybridized carbons (Fsp3) is 0.500. The monoisotopic (exact) mass is 195 g/mol. The standard InChI is InChI=1S/C12H18FN/c1-4-12(14-5-2)10-7-6-9(3)8-11(10)13/h6-8,12,14H,4-5H2,1-3H3. The van der Waals surface area contributed by atoms with E-state index in [1.807, 2.05) is 26.0 Å². The Morgan fingerprint density at radius 2 is 2.07 bits per heavy atom. The van der Waals surface area contributed by atoms with Crippen LogP contribution in [0.2, 0.25) is 0 Å². The van der Waals surface area contributed by atoms with Crippen molar-refractivity contribution in [1.29, 1.82) is 0 Å². The predicted molar refractivity (Wildman–Crippen MR) is 57.8 cm³/mol. The van der Waals surface area contributed by atoms with Gasteiger partial charge >= 0.3 is 0 Å². The third-order valence-corrected chi connectivity index (χ3v) is 2.39. The van der Waals surface area contributed by atoms with Crippen LogP contribution in [0.4, 0.5) is 4.39 Å². The minimum absolute atomic E-state index is 0.0993. The third-order valence-electron chi connectivity index (χ3n) is 2.39. The molecule has 1 rings (SSSR count). The Morgan fingerprint density at radius 3 is 2.57 bits per heavy atom. The maximum absolute atomic E-state index is 13.6. The number of hydrogen-bond donors (Lipinski definition) is 1. The molecular formula is C12H18FN. The Balaban J connectivity index is 2.92. The van der Waals surface area contributed by atoms with Gasteiger partial charge in [-0.15, -0.1) is 0 Å². The first-order valence-corrected chi connectivity index (χ1v) is 5.18. The fourth-order valence-corrected chi connectivity index (χ4v) is 1.64. The number of nitrogens with one attached hydrogen (secondary N) is 1. The first-order valence-electron chi connectivity index (χ1n) is 5.18. The van der Waals surface area contributed by atoms with E-state index >= 15 is 0 Å². The van der Waals surface area contributed by atoms with Crippen molar-refractivity contribution in [2.75, 3.05) is 6.54 Å². The largest absolute Gasteiger partial charge is 0.310 e. The average Bonchev–Trinajstić information content (AvgIpc) is 2.15. The van der Waals surface area contributed by atoms with Crippen LogP contribution in [-0.2, 0) is 0 Å². The summed E-state index contributed by atoms with van der Waals surface area (Å²) in [6, 6.07) is 5.57. The fourth-order valence-electron chi connectivity index (χ4n) is 1.64. The Labute approximate surface area is 85.3 Å². The van der Waals surface area contributed by atoms with Crippen LogP contribution in [-0.4, -0.2) is 6.54 Å². The van der Waals surface area contributed by atoms with Gasteiger partial charge in [-0.25, -0.2) is 4.39 Å². The molecule has 2 heteroatoms. The van der Waals surface area contributed by atoms with Crippen molar-refractivity contribution < 1.29 is 4.39 Å². The van der Waals surface area contributed by atoms with Crippen LogP contribution in [0.25, 0.3) is 0 Å². The summed E-state index contributed by atoms with van der Waals surface area (Å²) in [6.07, 6.45) is 0.911. The van der Waals surface area contributed by atoms with E-state index < -0.39 is 0 Å². The van der Waals surface area contributed by atoms with Crippen LogP contribution in [0.1, 0.15) is 37.4 Å². The lowest BCUT2D eigenvalue weighted by Gasteiger charge is -2.17. The van der Waals surface area contributed by atoms with Crippen molar-refractivity contribution in [2.45, 2.75) is 33.2 Å². The van der Waals surface area contributed by atoms with Crippen LogP contribution in [0.5, 0.6) is 0 Å². The maximum atomic E-state index is 13.6. The second-order valence-corrected chi connectivity index (χ2v) is 3.54. The molecule has 0 amide bonds. The molecular weight excluding hydrogens is 177 g/mol. The minimum atomic E-state index is -0.0993. The molecule has 0 aliphatic heterocycles. The van der Waals surface area contributed by atoms with Gasteiger partial charge in [0.2, 0.25) is 0 Å². The molecule has 1 unspecified atom stereocenters. The molecule has 0 aliphatic carbocycles. The van der Waals surface area contributed by atoms with Crippen molar-refractivity contribution in [1.82, 2.24) is 5.32 Å². The van der Waals surface area contributed by atoms with Crippen LogP contribution >= 0.6 is 0 Å². The summed E-state index contributed by atoms with van der Waals surface area (Å²) in [7, 11) is 0. The molecule has 0 fully saturated rings. The highest BCUT2D eigenvalue weighted by atomic mass is 19.1. The lowest BCUT2D eigenvalue weighted by molar-refractivity contribution is 0.501. The molecule has 78 valence electrons. The van der Waals surface area contributed by atoms with E-state index in [1.165, 1.54) is 0 Å². The van der Waals surface area contributed by atoms with Crippen LogP contribution in [0.3, 0.4) is 0 Å². The Bertz CT molecular complexity index is 296. The predicted octanol–water partition coefficient (Wildman–Crippen LogP) is 3.19. The molecule has 0 spiro atoms. The van der Waals surface area contributed by atoms with Crippen LogP contribution < -0.4 is 5.32 Å². The summed E-state index contributed by atoms with van der Waals surface area (Å²) in [6.45, 7) is 6.87. The summed E-state index contributed by atoms with van der Waals surface area (Å²) >= 11 is 0. The molecule has 0 saturated heterocycles. The second kappa shape index (κ2) is 5.11. The van der Waals surface area contributed by atoms with Crippen molar-refractivity contribution in [2.24, 2.45) is 0 Å². The van der Waals surface area contributed by atoms with Gasteiger partial charge in [0.15, 0.2) is 0 Å². The van der Waals surface area contributed by atoms with Gasteiger partial charge in [0.25, 0.3) is 0 Å². The van der Waals surface area contributed by atoms with E-state index in [2.05, 4.69) is 12.2 Å². The number of rotatable bonds is 4. The van der Waals surface area contributed by atoms with Crippen molar-refractivity contribution in [3.05, 3.63) is 35.1 Å². The van der Waals surface area contributed by atoms with Crippen LogP contribution in [0.15, 0.2) is 18.2 Å². The summed E-state index contributed by atoms with van der Waals surface area (Å²) in [5, 5.41) is 3.27. The molecule has 1 aromatic carbocycles. The molecule has 1 N–H and O–H groups in total. The Hall–Kier alpha value is -0.890. The molecule has 0 aliphatic rings. The van der Waals surface area contributed by atoms with E-state index in [4.69, 9.17) is 0 Å². The molecule has 1 aromatic rings. The first kappa shape index (κ1) is 11.2. The summed E-state index contributed by atoms with van der Waals surface area (Å²) in [5.74, 6) is -0.0993. The number of hydrogen-bond acceptors (Lipinski definition) is 1. The topological polar surface area (TPSA) is 12.0 Å². The van der Waals surface area contributed by atoms with Crippen molar-refractivity contribution >= 4 is 0 Å². The van der Waals surface area contributed by atoms with Gasteiger partial charge in [0.05, 0.1) is 0 Å². The van der Waals surface area contributed by atoms with E-state index in [1.54, 1.807) is 6.07 Å². The SMILES string of the molecule is CCNC(CC)c1ccc(C)cc1F. The normalized spacial score (nSPS) is 12.9. The highest BCUT2D eigenvalue weighted by Crippen LogP contribution is 2.20. The van der Waals surface area contributed by atoms with Gasteiger partial charge < -0.3 is 5.32 Å². The van der Waals surface area contributed by atoms with Gasteiger partial charge in [-0.2, -0.15) is 0 Å². The van der Waals surface area contributed by atoms with E-state index in [9.17, 15) is 4.39 Å². The quantitative estimate of drug-likeness (QED) is 0.778. The average molecular weight is 195 g/mol. The molecule has 0 bridgehead atoms. The number of aryl methyl sites for hydroxylation is 1. The number of halogens is 1. The number of benzene rings is 1. The van der Waals surface area contributed by atoms with Crippen LogP contribution in [0, 0.1) is 12.7 Å². The zero-order valence-corrected chi connectivity index (χ0v) is 9.10. The molecule has 14 heavy (non-hydrogen) atoms. The highest BCUT2D eigenvalue weighted by molar-refractivity contribution is 5.26. The van der Waals surface area contributed by atoms with E-state index in [-0.39, 0.29) is 11.9 Å². The lowest BCUT2D eigenvalue weighted by Crippen LogP contribution is -2.21. The zero-order chi connectivity index (χ0) is 10.6. The summed E-state index contributed by atoms with van der Waals surface area (Å²) < 4.78 is 13.6. The Kier molecular flexibility index (Phi) is 4.08. The molecule has 1 nitrogen and oxygen atoms in total. The van der Waals surface area contributed by atoms with E-state index in [0.29, 0.717) is 0 Å². The Morgan fingerprint density at radius 1 is 1.36 bits per heavy atom. The molecule has 0 heterocycles. The van der Waals surface area contributed by atoms with E-state index in [0.717, 1.165) is 24.1 Å².